The van der Waals surface area contributed by atoms with E-state index in [0.717, 1.165) is 0 Å². The van der Waals surface area contributed by atoms with Crippen molar-refractivity contribution >= 4 is 14.0 Å². The van der Waals surface area contributed by atoms with Crippen molar-refractivity contribution in [2.45, 2.75) is 33.6 Å². The van der Waals surface area contributed by atoms with Crippen LogP contribution in [0.15, 0.2) is 91.0 Å². The quantitative estimate of drug-likeness (QED) is 0.365. The Bertz CT molecular complexity index is 887. The Morgan fingerprint density at radius 1 is 0.793 bits per heavy atom. The van der Waals surface area contributed by atoms with Gasteiger partial charge in [0, 0.05) is 0 Å². The maximum atomic E-state index is 2.21. The van der Waals surface area contributed by atoms with E-state index in [0.29, 0.717) is 0 Å². The van der Waals surface area contributed by atoms with E-state index in [1.165, 1.54) is 67.7 Å². The summed E-state index contributed by atoms with van der Waals surface area (Å²) in [6, 6.07) is 31.7. The molecule has 29 heavy (non-hydrogen) atoms. The number of hydrogen-bond acceptors (Lipinski definition) is 0. The molecule has 0 saturated heterocycles. The molecule has 0 spiro atoms. The molecule has 0 unspecified atom stereocenters. The summed E-state index contributed by atoms with van der Waals surface area (Å²) < 4.78 is 1.46. The monoisotopic (exact) mass is 500 g/mol. The van der Waals surface area contributed by atoms with Gasteiger partial charge in [0.1, 0.15) is 0 Å². The van der Waals surface area contributed by atoms with Gasteiger partial charge in [0.2, 0.25) is 0 Å². The van der Waals surface area contributed by atoms with E-state index >= 15 is 0 Å². The number of hydrogen-bond donors (Lipinski definition) is 0. The van der Waals surface area contributed by atoms with Crippen LogP contribution < -0.4 is 24.8 Å². The van der Waals surface area contributed by atoms with Crippen LogP contribution in [0.1, 0.15) is 37.5 Å². The first kappa shape index (κ1) is 27.7. The van der Waals surface area contributed by atoms with Gasteiger partial charge in [0.15, 0.2) is 0 Å². The molecule has 0 atom stereocenters. The van der Waals surface area contributed by atoms with Crippen molar-refractivity contribution in [3.63, 3.8) is 0 Å². The van der Waals surface area contributed by atoms with Crippen molar-refractivity contribution in [2.24, 2.45) is 0 Å². The van der Waals surface area contributed by atoms with Crippen molar-refractivity contribution in [3.05, 3.63) is 108 Å². The summed E-state index contributed by atoms with van der Waals surface area (Å²) in [5, 5.41) is 2.66. The fourth-order valence-electron chi connectivity index (χ4n) is 2.94. The first-order chi connectivity index (χ1) is 13.2. The molecule has 0 aliphatic heterocycles. The molecule has 0 aliphatic carbocycles. The third kappa shape index (κ3) is 9.39. The second-order valence-corrected chi connectivity index (χ2v) is 8.27. The van der Waals surface area contributed by atoms with Gasteiger partial charge in [-0.3, -0.25) is 0 Å². The van der Waals surface area contributed by atoms with E-state index in [2.05, 4.69) is 106 Å². The van der Waals surface area contributed by atoms with Crippen LogP contribution in [-0.2, 0) is 37.1 Å². The van der Waals surface area contributed by atoms with Crippen LogP contribution in [-0.4, -0.2) is 3.21 Å². The topological polar surface area (TPSA) is 0 Å². The van der Waals surface area contributed by atoms with Gasteiger partial charge in [-0.15, -0.1) is 29.7 Å². The number of rotatable bonds is 3. The van der Waals surface area contributed by atoms with Crippen molar-refractivity contribution in [3.8, 4) is 0 Å². The molecule has 0 radical (unpaired) electrons. The van der Waals surface area contributed by atoms with Crippen LogP contribution in [0.4, 0.5) is 0 Å². The van der Waals surface area contributed by atoms with Gasteiger partial charge in [0.25, 0.3) is 0 Å². The maximum Gasteiger partial charge on any atom is -0.0809 e. The Balaban J connectivity index is 0.000000392. The summed E-state index contributed by atoms with van der Waals surface area (Å²) in [5.41, 5.74) is 4.39. The summed E-state index contributed by atoms with van der Waals surface area (Å²) in [6.45, 7) is 6.57. The van der Waals surface area contributed by atoms with Crippen LogP contribution in [0.25, 0.3) is 10.8 Å². The van der Waals surface area contributed by atoms with Crippen molar-refractivity contribution in [2.75, 3.05) is 0 Å². The first-order valence-corrected chi connectivity index (χ1v) is 10.8. The molecule has 4 rings (SSSR count). The number of benzene rings is 2. The summed E-state index contributed by atoms with van der Waals surface area (Å²) in [4.78, 5) is 0. The summed E-state index contributed by atoms with van der Waals surface area (Å²) in [7, 11) is 0. The van der Waals surface area contributed by atoms with Gasteiger partial charge in [-0.05, 0) is 0 Å². The Kier molecular flexibility index (Phi) is 14.9. The molecular weight excluding hydrogens is 474 g/mol. The summed E-state index contributed by atoms with van der Waals surface area (Å²) in [5.74, 6) is 0. The van der Waals surface area contributed by atoms with Crippen molar-refractivity contribution in [1.29, 1.82) is 0 Å². The van der Waals surface area contributed by atoms with Crippen LogP contribution >= 0.6 is 0 Å². The van der Waals surface area contributed by atoms with Crippen LogP contribution in [0.3, 0.4) is 0 Å². The van der Waals surface area contributed by atoms with E-state index in [1.807, 2.05) is 6.07 Å². The zero-order chi connectivity index (χ0) is 19.5. The third-order valence-corrected chi connectivity index (χ3v) is 5.23. The van der Waals surface area contributed by atoms with Crippen LogP contribution in [0.2, 0.25) is 0 Å². The predicted molar refractivity (Wildman–Crippen MR) is 117 cm³/mol. The molecule has 0 fully saturated rings. The largest absolute Gasteiger partial charge is 1.00 e. The second kappa shape index (κ2) is 15.6. The Morgan fingerprint density at radius 2 is 1.34 bits per heavy atom. The smallest absolute Gasteiger partial charge is 0.0809 e. The van der Waals surface area contributed by atoms with Gasteiger partial charge >= 0.3 is 70.3 Å². The SMILES string of the molecule is CCc1c[cH-]cc1CC.C[C](=[Zr+2])c1ccccc1.[Cl-].[Cl-].c1ccc2[cH-]ccc2c1. The van der Waals surface area contributed by atoms with E-state index in [1.54, 1.807) is 0 Å². The van der Waals surface area contributed by atoms with Gasteiger partial charge in [0.05, 0.1) is 0 Å². The Morgan fingerprint density at radius 3 is 1.83 bits per heavy atom. The van der Waals surface area contributed by atoms with Gasteiger partial charge in [-0.25, -0.2) is 0 Å². The molecule has 0 saturated carbocycles. The van der Waals surface area contributed by atoms with Crippen molar-refractivity contribution < 1.29 is 49.0 Å². The van der Waals surface area contributed by atoms with Gasteiger partial charge in [-0.1, -0.05) is 32.8 Å². The number of halogens is 2. The molecule has 0 N–H and O–H groups in total. The molecule has 0 nitrogen and oxygen atoms in total. The molecular formula is C26H28Cl2Zr-2. The standard InChI is InChI=1S/C9H7.C9H13.C8H8.2ClH.Zr/c1-2-5-9-7-3-6-8(9)4-1;1-3-8-6-5-7-9(8)4-2;1-2-8-6-4-3-5-7-8;;;/h1-7H;5-7H,3-4H2,1-2H3;3-7H,1H3;2*1H;/q2*-1;;;;+2/p-2. The number of aryl methyl sites for hydroxylation is 2. The first-order valence-electron chi connectivity index (χ1n) is 9.60. The average Bonchev–Trinajstić information content (AvgIpc) is 3.38. The average molecular weight is 503 g/mol. The maximum absolute atomic E-state index is 2.21. The van der Waals surface area contributed by atoms with E-state index < -0.39 is 0 Å². The minimum Gasteiger partial charge on any atom is -1.00 e. The molecule has 0 bridgehead atoms. The molecule has 0 aromatic heterocycles. The van der Waals surface area contributed by atoms with E-state index in [9.17, 15) is 0 Å². The van der Waals surface area contributed by atoms with Crippen molar-refractivity contribution in [1.82, 2.24) is 0 Å². The molecule has 0 aliphatic rings. The van der Waals surface area contributed by atoms with Crippen LogP contribution in [0, 0.1) is 0 Å². The van der Waals surface area contributed by atoms with Crippen LogP contribution in [0.5, 0.6) is 0 Å². The molecule has 152 valence electrons. The predicted octanol–water partition coefficient (Wildman–Crippen LogP) is 0.871. The Labute approximate surface area is 203 Å². The van der Waals surface area contributed by atoms with E-state index in [4.69, 9.17) is 0 Å². The zero-order valence-corrected chi connectivity index (χ0v) is 21.3. The van der Waals surface area contributed by atoms with Gasteiger partial charge < -0.3 is 24.8 Å². The second-order valence-electron chi connectivity index (χ2n) is 6.43. The molecule has 3 heteroatoms. The summed E-state index contributed by atoms with van der Waals surface area (Å²) >= 11 is 1.51. The summed E-state index contributed by atoms with van der Waals surface area (Å²) in [6.07, 6.45) is 2.35. The third-order valence-electron chi connectivity index (χ3n) is 4.52. The molecule has 4 aromatic rings. The fourth-order valence-corrected chi connectivity index (χ4v) is 3.35. The fraction of sp³-hybridized carbons (Fsp3) is 0.192. The zero-order valence-electron chi connectivity index (χ0n) is 17.3. The minimum atomic E-state index is 0. The van der Waals surface area contributed by atoms with Gasteiger partial charge in [-0.2, -0.15) is 46.8 Å². The molecule has 4 aromatic carbocycles. The normalized spacial score (nSPS) is 9.14. The van der Waals surface area contributed by atoms with E-state index in [-0.39, 0.29) is 24.8 Å². The molecule has 0 amide bonds. The minimum absolute atomic E-state index is 0. The number of fused-ring (bicyclic) bond motifs is 1. The Hall–Kier alpha value is -1.27. The molecule has 0 heterocycles.